The summed E-state index contributed by atoms with van der Waals surface area (Å²) in [5, 5.41) is 7.11. The molecule has 4 heteroatoms. The molecule has 0 spiro atoms. The lowest BCUT2D eigenvalue weighted by molar-refractivity contribution is 0.275. The topological polar surface area (TPSA) is 21.1 Å². The second-order valence-electron chi connectivity index (χ2n) is 5.10. The number of para-hydroxylation sites is 1. The van der Waals surface area contributed by atoms with Gasteiger partial charge >= 0.3 is 0 Å². The fourth-order valence-corrected chi connectivity index (χ4v) is 3.04. The summed E-state index contributed by atoms with van der Waals surface area (Å²) in [6.07, 6.45) is 2.49. The van der Waals surface area contributed by atoms with Gasteiger partial charge in [-0.1, -0.05) is 47.5 Å². The summed E-state index contributed by atoms with van der Waals surface area (Å²) in [6, 6.07) is 8.55. The normalized spacial score (nSPS) is 11.6. The number of aryl methyl sites for hydroxylation is 1. The van der Waals surface area contributed by atoms with Crippen LogP contribution in [0, 0.1) is 0 Å². The Morgan fingerprint density at radius 3 is 2.70 bits per heavy atom. The van der Waals surface area contributed by atoms with E-state index in [4.69, 9.17) is 5.10 Å². The lowest BCUT2D eigenvalue weighted by atomic mass is 10.2. The van der Waals surface area contributed by atoms with Gasteiger partial charge in [-0.3, -0.25) is 9.58 Å². The molecule has 2 aromatic rings. The van der Waals surface area contributed by atoms with Crippen LogP contribution in [0.15, 0.2) is 24.3 Å². The van der Waals surface area contributed by atoms with Gasteiger partial charge in [0, 0.05) is 30.4 Å². The number of hydrogen-bond acceptors (Lipinski definition) is 2. The van der Waals surface area contributed by atoms with Gasteiger partial charge in [0.05, 0.1) is 11.2 Å². The molecule has 1 heterocycles. The van der Waals surface area contributed by atoms with Crippen LogP contribution in [0.5, 0.6) is 0 Å². The van der Waals surface area contributed by atoms with E-state index < -0.39 is 0 Å². The zero-order valence-electron chi connectivity index (χ0n) is 12.5. The van der Waals surface area contributed by atoms with E-state index in [1.165, 1.54) is 29.4 Å². The molecule has 0 aliphatic carbocycles. The van der Waals surface area contributed by atoms with Crippen LogP contribution in [0.1, 0.15) is 32.4 Å². The number of fused-ring (bicyclic) bond motifs is 1. The number of hydrogen-bond donors (Lipinski definition) is 0. The molecular weight excluding hydrogens is 314 g/mol. The van der Waals surface area contributed by atoms with E-state index in [1.54, 1.807) is 0 Å². The third-order valence-electron chi connectivity index (χ3n) is 3.64. The molecule has 0 saturated carbocycles. The molecule has 0 amide bonds. The molecule has 0 aliphatic heterocycles. The Hall–Kier alpha value is -0.870. The van der Waals surface area contributed by atoms with E-state index >= 15 is 0 Å². The highest BCUT2D eigenvalue weighted by molar-refractivity contribution is 9.09. The molecule has 0 atom stereocenters. The molecule has 110 valence electrons. The summed E-state index contributed by atoms with van der Waals surface area (Å²) in [4.78, 5) is 2.49. The van der Waals surface area contributed by atoms with Gasteiger partial charge in [-0.25, -0.2) is 0 Å². The number of aromatic nitrogens is 2. The van der Waals surface area contributed by atoms with Crippen molar-refractivity contribution in [3.05, 3.63) is 30.0 Å². The highest BCUT2D eigenvalue weighted by atomic mass is 79.9. The van der Waals surface area contributed by atoms with Crippen LogP contribution in [0.4, 0.5) is 0 Å². The standard InChI is InChI=1S/C16H24BrN3/c1-3-5-11-19(12-10-17)13-15-14-8-6-7-9-16(14)20(4-2)18-15/h6-9H,3-5,10-13H2,1-2H3. The summed E-state index contributed by atoms with van der Waals surface area (Å²) in [6.45, 7) is 8.49. The molecule has 1 aromatic heterocycles. The van der Waals surface area contributed by atoms with Gasteiger partial charge < -0.3 is 0 Å². The number of unbranched alkanes of at least 4 members (excludes halogenated alkanes) is 1. The maximum Gasteiger partial charge on any atom is 0.0843 e. The molecular formula is C16H24BrN3. The minimum atomic E-state index is 0.925. The SMILES string of the molecule is CCCCN(CCBr)Cc1nn(CC)c2ccccc12. The number of benzene rings is 1. The highest BCUT2D eigenvalue weighted by Gasteiger charge is 2.12. The van der Waals surface area contributed by atoms with Gasteiger partial charge in [0.1, 0.15) is 0 Å². The smallest absolute Gasteiger partial charge is 0.0843 e. The Labute approximate surface area is 130 Å². The van der Waals surface area contributed by atoms with Gasteiger partial charge in [0.15, 0.2) is 0 Å². The van der Waals surface area contributed by atoms with Crippen molar-refractivity contribution in [2.24, 2.45) is 0 Å². The van der Waals surface area contributed by atoms with Crippen molar-refractivity contribution in [1.82, 2.24) is 14.7 Å². The molecule has 0 unspecified atom stereocenters. The second kappa shape index (κ2) is 7.79. The average molecular weight is 338 g/mol. The highest BCUT2D eigenvalue weighted by Crippen LogP contribution is 2.20. The molecule has 0 bridgehead atoms. The first-order valence-electron chi connectivity index (χ1n) is 7.52. The van der Waals surface area contributed by atoms with Crippen LogP contribution >= 0.6 is 15.9 Å². The zero-order valence-corrected chi connectivity index (χ0v) is 14.1. The number of halogens is 1. The second-order valence-corrected chi connectivity index (χ2v) is 5.89. The van der Waals surface area contributed by atoms with Gasteiger partial charge in [-0.2, -0.15) is 5.10 Å². The van der Waals surface area contributed by atoms with E-state index in [2.05, 4.69) is 63.6 Å². The minimum absolute atomic E-state index is 0.925. The predicted octanol–water partition coefficient (Wildman–Crippen LogP) is 4.05. The van der Waals surface area contributed by atoms with Crippen molar-refractivity contribution in [2.45, 2.75) is 39.8 Å². The van der Waals surface area contributed by atoms with E-state index in [0.29, 0.717) is 0 Å². The van der Waals surface area contributed by atoms with Crippen molar-refractivity contribution in [1.29, 1.82) is 0 Å². The van der Waals surface area contributed by atoms with Crippen molar-refractivity contribution < 1.29 is 0 Å². The summed E-state index contributed by atoms with van der Waals surface area (Å²) in [7, 11) is 0. The summed E-state index contributed by atoms with van der Waals surface area (Å²) < 4.78 is 2.11. The minimum Gasteiger partial charge on any atom is -0.297 e. The number of rotatable bonds is 8. The maximum absolute atomic E-state index is 4.80. The van der Waals surface area contributed by atoms with E-state index in [0.717, 1.165) is 31.5 Å². The number of alkyl halides is 1. The van der Waals surface area contributed by atoms with Crippen molar-refractivity contribution in [3.8, 4) is 0 Å². The number of nitrogens with zero attached hydrogens (tertiary/aromatic N) is 3. The predicted molar refractivity (Wildman–Crippen MR) is 89.4 cm³/mol. The fourth-order valence-electron chi connectivity index (χ4n) is 2.54. The average Bonchev–Trinajstić information content (AvgIpc) is 2.83. The summed E-state index contributed by atoms with van der Waals surface area (Å²) >= 11 is 3.56. The quantitative estimate of drug-likeness (QED) is 0.677. The monoisotopic (exact) mass is 337 g/mol. The Morgan fingerprint density at radius 2 is 2.00 bits per heavy atom. The molecule has 20 heavy (non-hydrogen) atoms. The summed E-state index contributed by atoms with van der Waals surface area (Å²) in [5.74, 6) is 0. The van der Waals surface area contributed by atoms with E-state index in [-0.39, 0.29) is 0 Å². The van der Waals surface area contributed by atoms with Crippen LogP contribution in [0.3, 0.4) is 0 Å². The largest absolute Gasteiger partial charge is 0.297 e. The molecule has 2 rings (SSSR count). The Kier molecular flexibility index (Phi) is 6.05. The third-order valence-corrected chi connectivity index (χ3v) is 3.99. The van der Waals surface area contributed by atoms with Crippen molar-refractivity contribution >= 4 is 26.8 Å². The fraction of sp³-hybridized carbons (Fsp3) is 0.562. The molecule has 0 aliphatic rings. The van der Waals surface area contributed by atoms with E-state index in [9.17, 15) is 0 Å². The zero-order chi connectivity index (χ0) is 14.4. The van der Waals surface area contributed by atoms with Gasteiger partial charge in [-0.15, -0.1) is 0 Å². The first kappa shape index (κ1) is 15.5. The van der Waals surface area contributed by atoms with Gasteiger partial charge in [0.2, 0.25) is 0 Å². The Balaban J connectivity index is 2.22. The van der Waals surface area contributed by atoms with Crippen LogP contribution in [-0.2, 0) is 13.1 Å². The Bertz CT molecular complexity index is 536. The maximum atomic E-state index is 4.80. The third kappa shape index (κ3) is 3.61. The molecule has 1 aromatic carbocycles. The van der Waals surface area contributed by atoms with Crippen LogP contribution in [0.25, 0.3) is 10.9 Å². The van der Waals surface area contributed by atoms with Gasteiger partial charge in [0.25, 0.3) is 0 Å². The molecule has 0 saturated heterocycles. The molecule has 0 fully saturated rings. The van der Waals surface area contributed by atoms with Crippen molar-refractivity contribution in [2.75, 3.05) is 18.4 Å². The van der Waals surface area contributed by atoms with Crippen LogP contribution < -0.4 is 0 Å². The van der Waals surface area contributed by atoms with Crippen molar-refractivity contribution in [3.63, 3.8) is 0 Å². The first-order chi connectivity index (χ1) is 9.80. The van der Waals surface area contributed by atoms with Crippen LogP contribution in [-0.4, -0.2) is 33.1 Å². The Morgan fingerprint density at radius 1 is 1.20 bits per heavy atom. The molecule has 3 nitrogen and oxygen atoms in total. The van der Waals surface area contributed by atoms with E-state index in [1.807, 2.05) is 0 Å². The molecule has 0 radical (unpaired) electrons. The lowest BCUT2D eigenvalue weighted by Crippen LogP contribution is -2.26. The van der Waals surface area contributed by atoms with Crippen LogP contribution in [0.2, 0.25) is 0 Å². The molecule has 0 N–H and O–H groups in total. The lowest BCUT2D eigenvalue weighted by Gasteiger charge is -2.20. The first-order valence-corrected chi connectivity index (χ1v) is 8.65. The summed E-state index contributed by atoms with van der Waals surface area (Å²) in [5.41, 5.74) is 2.46. The van der Waals surface area contributed by atoms with Gasteiger partial charge in [-0.05, 0) is 26.0 Å².